The minimum atomic E-state index is 0.0322. The monoisotopic (exact) mass is 295 g/mol. The Hall–Kier alpha value is -0.940. The number of thiazole rings is 1. The molecule has 0 fully saturated rings. The molecule has 0 radical (unpaired) electrons. The van der Waals surface area contributed by atoms with E-state index in [1.807, 2.05) is 36.7 Å². The van der Waals surface area contributed by atoms with E-state index in [0.29, 0.717) is 0 Å². The summed E-state index contributed by atoms with van der Waals surface area (Å²) in [6.07, 6.45) is 0. The van der Waals surface area contributed by atoms with Gasteiger partial charge in [0.25, 0.3) is 0 Å². The van der Waals surface area contributed by atoms with E-state index in [0.717, 1.165) is 17.3 Å². The van der Waals surface area contributed by atoms with Gasteiger partial charge in [-0.3, -0.25) is 4.90 Å². The van der Waals surface area contributed by atoms with Crippen molar-refractivity contribution in [3.8, 4) is 0 Å². The molecule has 0 saturated heterocycles. The van der Waals surface area contributed by atoms with Gasteiger partial charge in [-0.2, -0.15) is 0 Å². The highest BCUT2D eigenvalue weighted by Gasteiger charge is 2.21. The van der Waals surface area contributed by atoms with Crippen molar-refractivity contribution in [3.05, 3.63) is 51.4 Å². The lowest BCUT2D eigenvalue weighted by Crippen LogP contribution is -2.37. The molecule has 3 nitrogen and oxygen atoms in total. The minimum Gasteiger partial charge on any atom is -0.326 e. The highest BCUT2D eigenvalue weighted by Crippen LogP contribution is 2.25. The van der Waals surface area contributed by atoms with Crippen molar-refractivity contribution in [2.75, 3.05) is 7.05 Å². The lowest BCUT2D eigenvalue weighted by Gasteiger charge is -2.31. The first-order chi connectivity index (χ1) is 9.08. The number of hydrogen-bond donors (Lipinski definition) is 1. The Kier molecular flexibility index (Phi) is 4.93. The molecule has 0 aliphatic carbocycles. The molecule has 2 rings (SSSR count). The second-order valence-electron chi connectivity index (χ2n) is 4.75. The minimum absolute atomic E-state index is 0.0322. The first-order valence-electron chi connectivity index (χ1n) is 6.16. The van der Waals surface area contributed by atoms with Crippen LogP contribution in [0, 0.1) is 0 Å². The summed E-state index contributed by atoms with van der Waals surface area (Å²) in [5.41, 5.74) is 10.3. The van der Waals surface area contributed by atoms with Gasteiger partial charge in [0.05, 0.1) is 11.2 Å². The fourth-order valence-electron chi connectivity index (χ4n) is 2.29. The van der Waals surface area contributed by atoms with Crippen molar-refractivity contribution in [2.24, 2.45) is 5.73 Å². The van der Waals surface area contributed by atoms with Gasteiger partial charge in [-0.25, -0.2) is 4.98 Å². The van der Waals surface area contributed by atoms with Crippen LogP contribution in [0.5, 0.6) is 0 Å². The van der Waals surface area contributed by atoms with Gasteiger partial charge in [-0.15, -0.1) is 11.3 Å². The van der Waals surface area contributed by atoms with Crippen molar-refractivity contribution in [2.45, 2.75) is 25.6 Å². The summed E-state index contributed by atoms with van der Waals surface area (Å²) >= 11 is 7.55. The number of nitrogens with two attached hydrogens (primary N) is 1. The van der Waals surface area contributed by atoms with Gasteiger partial charge < -0.3 is 5.73 Å². The zero-order valence-electron chi connectivity index (χ0n) is 11.1. The Morgan fingerprint density at radius 1 is 1.37 bits per heavy atom. The van der Waals surface area contributed by atoms with Gasteiger partial charge in [-0.05, 0) is 31.7 Å². The van der Waals surface area contributed by atoms with Crippen LogP contribution in [0.15, 0.2) is 35.2 Å². The molecule has 0 saturated carbocycles. The predicted molar refractivity (Wildman–Crippen MR) is 81.4 cm³/mol. The maximum absolute atomic E-state index is 6.14. The van der Waals surface area contributed by atoms with Crippen molar-refractivity contribution in [1.29, 1.82) is 0 Å². The Balaban J connectivity index is 2.17. The van der Waals surface area contributed by atoms with Crippen molar-refractivity contribution in [3.63, 3.8) is 0 Å². The van der Waals surface area contributed by atoms with E-state index in [4.69, 9.17) is 17.3 Å². The third-order valence-electron chi connectivity index (χ3n) is 3.08. The number of hydrogen-bond acceptors (Lipinski definition) is 4. The lowest BCUT2D eigenvalue weighted by molar-refractivity contribution is 0.209. The maximum atomic E-state index is 6.14. The molecule has 102 valence electrons. The Bertz CT molecular complexity index is 496. The van der Waals surface area contributed by atoms with Crippen molar-refractivity contribution < 1.29 is 0 Å². The summed E-state index contributed by atoms with van der Waals surface area (Å²) in [6, 6.07) is 8.07. The fraction of sp³-hybridized carbons (Fsp3) is 0.357. The summed E-state index contributed by atoms with van der Waals surface area (Å²) in [4.78, 5) is 6.55. The van der Waals surface area contributed by atoms with E-state index in [1.54, 1.807) is 11.3 Å². The third kappa shape index (κ3) is 3.76. The summed E-state index contributed by atoms with van der Waals surface area (Å²) in [5, 5.41) is 2.81. The molecular formula is C14H18ClN3S. The molecule has 1 aromatic carbocycles. The van der Waals surface area contributed by atoms with Crippen LogP contribution >= 0.6 is 22.9 Å². The number of rotatable bonds is 5. The summed E-state index contributed by atoms with van der Waals surface area (Å²) in [6.45, 7) is 2.81. The molecule has 5 heteroatoms. The molecule has 0 bridgehead atoms. The quantitative estimate of drug-likeness (QED) is 0.920. The molecular weight excluding hydrogens is 278 g/mol. The van der Waals surface area contributed by atoms with Gasteiger partial charge in [0.15, 0.2) is 0 Å². The number of likely N-dealkylation sites (N-methyl/N-ethyl adjacent to an activating group) is 1. The molecule has 0 spiro atoms. The van der Waals surface area contributed by atoms with Crippen LogP contribution in [0.3, 0.4) is 0 Å². The smallest absolute Gasteiger partial charge is 0.0795 e. The largest absolute Gasteiger partial charge is 0.326 e. The molecule has 0 amide bonds. The highest BCUT2D eigenvalue weighted by molar-refractivity contribution is 7.07. The van der Waals surface area contributed by atoms with Gasteiger partial charge in [0.1, 0.15) is 0 Å². The van der Waals surface area contributed by atoms with Crippen molar-refractivity contribution in [1.82, 2.24) is 9.88 Å². The zero-order chi connectivity index (χ0) is 13.8. The molecule has 1 heterocycles. The topological polar surface area (TPSA) is 42.1 Å². The Morgan fingerprint density at radius 2 is 2.05 bits per heavy atom. The van der Waals surface area contributed by atoms with Crippen LogP contribution in [0.25, 0.3) is 0 Å². The fourth-order valence-corrected chi connectivity index (χ4v) is 2.96. The molecule has 2 unspecified atom stereocenters. The molecule has 2 aromatic rings. The van der Waals surface area contributed by atoms with Gasteiger partial charge in [0, 0.05) is 29.0 Å². The molecule has 2 atom stereocenters. The number of aromatic nitrogens is 1. The second kappa shape index (κ2) is 6.48. The second-order valence-corrected chi connectivity index (χ2v) is 5.91. The Labute approximate surface area is 123 Å². The SMILES string of the molecule is CC(N)C(c1ccc(Cl)cc1)N(C)Cc1cscn1. The summed E-state index contributed by atoms with van der Waals surface area (Å²) in [5.74, 6) is 0. The molecule has 0 aliphatic heterocycles. The Morgan fingerprint density at radius 3 is 2.58 bits per heavy atom. The molecule has 19 heavy (non-hydrogen) atoms. The third-order valence-corrected chi connectivity index (χ3v) is 3.97. The van der Waals surface area contributed by atoms with Crippen LogP contribution in [-0.4, -0.2) is 23.0 Å². The van der Waals surface area contributed by atoms with Crippen LogP contribution in [-0.2, 0) is 6.54 Å². The van der Waals surface area contributed by atoms with Gasteiger partial charge >= 0.3 is 0 Å². The van der Waals surface area contributed by atoms with Crippen molar-refractivity contribution >= 4 is 22.9 Å². The summed E-state index contributed by atoms with van der Waals surface area (Å²) in [7, 11) is 2.07. The van der Waals surface area contributed by atoms with Crippen LogP contribution in [0.2, 0.25) is 5.02 Å². The first kappa shape index (κ1) is 14.5. The number of halogens is 1. The number of nitrogens with zero attached hydrogens (tertiary/aromatic N) is 2. The number of benzene rings is 1. The average Bonchev–Trinajstić information content (AvgIpc) is 2.84. The van der Waals surface area contributed by atoms with Crippen LogP contribution < -0.4 is 5.73 Å². The van der Waals surface area contributed by atoms with Crippen LogP contribution in [0.1, 0.15) is 24.2 Å². The molecule has 0 aliphatic rings. The van der Waals surface area contributed by atoms with E-state index in [-0.39, 0.29) is 12.1 Å². The first-order valence-corrected chi connectivity index (χ1v) is 7.48. The van der Waals surface area contributed by atoms with E-state index in [9.17, 15) is 0 Å². The normalized spacial score (nSPS) is 14.6. The highest BCUT2D eigenvalue weighted by atomic mass is 35.5. The lowest BCUT2D eigenvalue weighted by atomic mass is 9.99. The molecule has 1 aromatic heterocycles. The predicted octanol–water partition coefficient (Wildman–Crippen LogP) is 3.32. The van der Waals surface area contributed by atoms with Gasteiger partial charge in [0.2, 0.25) is 0 Å². The maximum Gasteiger partial charge on any atom is 0.0795 e. The average molecular weight is 296 g/mol. The summed E-state index contributed by atoms with van der Waals surface area (Å²) < 4.78 is 0. The van der Waals surface area contributed by atoms with Crippen LogP contribution in [0.4, 0.5) is 0 Å². The zero-order valence-corrected chi connectivity index (χ0v) is 12.7. The van der Waals surface area contributed by atoms with E-state index < -0.39 is 0 Å². The van der Waals surface area contributed by atoms with E-state index in [1.165, 1.54) is 5.56 Å². The van der Waals surface area contributed by atoms with E-state index >= 15 is 0 Å². The van der Waals surface area contributed by atoms with Gasteiger partial charge in [-0.1, -0.05) is 23.7 Å². The molecule has 2 N–H and O–H groups in total. The van der Waals surface area contributed by atoms with E-state index in [2.05, 4.69) is 22.3 Å². The standard InChI is InChI=1S/C14H18ClN3S/c1-10(16)14(11-3-5-12(15)6-4-11)18(2)7-13-8-19-9-17-13/h3-6,8-10,14H,7,16H2,1-2H3.